The SMILES string of the molecule is O=C(c1ccoc1Br)N1CCC(Oc2ccccc2)CC1. The van der Waals surface area contributed by atoms with Crippen molar-refractivity contribution < 1.29 is 13.9 Å². The van der Waals surface area contributed by atoms with E-state index in [0.717, 1.165) is 18.6 Å². The van der Waals surface area contributed by atoms with Crippen LogP contribution in [0, 0.1) is 0 Å². The normalized spacial score (nSPS) is 16.0. The van der Waals surface area contributed by atoms with Crippen molar-refractivity contribution in [2.75, 3.05) is 13.1 Å². The number of para-hydroxylation sites is 1. The molecule has 1 aliphatic rings. The lowest BCUT2D eigenvalue weighted by molar-refractivity contribution is 0.0594. The smallest absolute Gasteiger partial charge is 0.258 e. The molecule has 1 amide bonds. The fourth-order valence-corrected chi connectivity index (χ4v) is 2.89. The topological polar surface area (TPSA) is 42.7 Å². The quantitative estimate of drug-likeness (QED) is 0.847. The van der Waals surface area contributed by atoms with E-state index in [1.54, 1.807) is 6.07 Å². The summed E-state index contributed by atoms with van der Waals surface area (Å²) in [4.78, 5) is 14.2. The summed E-state index contributed by atoms with van der Waals surface area (Å²) >= 11 is 3.25. The molecule has 1 aromatic heterocycles. The van der Waals surface area contributed by atoms with Crippen LogP contribution in [0.15, 0.2) is 51.7 Å². The standard InChI is InChI=1S/C16H16BrNO3/c17-15-14(8-11-20-15)16(19)18-9-6-13(7-10-18)21-12-4-2-1-3-5-12/h1-5,8,11,13H,6-7,9-10H2. The molecule has 5 heteroatoms. The van der Waals surface area contributed by atoms with Gasteiger partial charge in [0.05, 0.1) is 11.8 Å². The second kappa shape index (κ2) is 6.35. The molecule has 0 saturated carbocycles. The van der Waals surface area contributed by atoms with Crippen LogP contribution in [0.1, 0.15) is 23.2 Å². The van der Waals surface area contributed by atoms with Crippen LogP contribution < -0.4 is 4.74 Å². The van der Waals surface area contributed by atoms with Crippen LogP contribution in [0.3, 0.4) is 0 Å². The van der Waals surface area contributed by atoms with E-state index in [9.17, 15) is 4.79 Å². The fourth-order valence-electron chi connectivity index (χ4n) is 2.48. The minimum atomic E-state index is 0.00814. The van der Waals surface area contributed by atoms with Gasteiger partial charge < -0.3 is 14.1 Å². The van der Waals surface area contributed by atoms with Crippen LogP contribution in [-0.2, 0) is 0 Å². The van der Waals surface area contributed by atoms with Gasteiger partial charge in [-0.25, -0.2) is 0 Å². The molecule has 1 fully saturated rings. The molecule has 0 aliphatic carbocycles. The number of hydrogen-bond donors (Lipinski definition) is 0. The van der Waals surface area contributed by atoms with Gasteiger partial charge in [0.15, 0.2) is 4.67 Å². The van der Waals surface area contributed by atoms with Gasteiger partial charge in [-0.05, 0) is 34.1 Å². The van der Waals surface area contributed by atoms with E-state index in [2.05, 4.69) is 15.9 Å². The number of benzene rings is 1. The van der Waals surface area contributed by atoms with Gasteiger partial charge in [0, 0.05) is 25.9 Å². The average molecular weight is 350 g/mol. The fraction of sp³-hybridized carbons (Fsp3) is 0.312. The summed E-state index contributed by atoms with van der Waals surface area (Å²) in [5.41, 5.74) is 0.581. The molecule has 1 aliphatic heterocycles. The van der Waals surface area contributed by atoms with Crippen LogP contribution >= 0.6 is 15.9 Å². The molecule has 0 bridgehead atoms. The van der Waals surface area contributed by atoms with Gasteiger partial charge in [-0.3, -0.25) is 4.79 Å². The highest BCUT2D eigenvalue weighted by Gasteiger charge is 2.26. The van der Waals surface area contributed by atoms with Crippen molar-refractivity contribution in [2.45, 2.75) is 18.9 Å². The molecule has 110 valence electrons. The Bertz CT molecular complexity index is 603. The monoisotopic (exact) mass is 349 g/mol. The van der Waals surface area contributed by atoms with Crippen molar-refractivity contribution in [1.29, 1.82) is 0 Å². The van der Waals surface area contributed by atoms with E-state index in [1.165, 1.54) is 6.26 Å². The second-order valence-electron chi connectivity index (χ2n) is 5.03. The van der Waals surface area contributed by atoms with Crippen molar-refractivity contribution in [3.63, 3.8) is 0 Å². The van der Waals surface area contributed by atoms with Crippen molar-refractivity contribution in [3.05, 3.63) is 52.9 Å². The maximum atomic E-state index is 12.3. The Kier molecular flexibility index (Phi) is 4.29. The van der Waals surface area contributed by atoms with E-state index in [-0.39, 0.29) is 12.0 Å². The number of carbonyl (C=O) groups is 1. The third kappa shape index (κ3) is 3.29. The Morgan fingerprint density at radius 2 is 1.90 bits per heavy atom. The van der Waals surface area contributed by atoms with E-state index in [4.69, 9.17) is 9.15 Å². The second-order valence-corrected chi connectivity index (χ2v) is 5.75. The molecule has 0 radical (unpaired) electrons. The molecule has 21 heavy (non-hydrogen) atoms. The Morgan fingerprint density at radius 1 is 1.19 bits per heavy atom. The Labute approximate surface area is 131 Å². The summed E-state index contributed by atoms with van der Waals surface area (Å²) < 4.78 is 11.5. The number of hydrogen-bond acceptors (Lipinski definition) is 3. The lowest BCUT2D eigenvalue weighted by Crippen LogP contribution is -2.41. The maximum Gasteiger partial charge on any atom is 0.258 e. The van der Waals surface area contributed by atoms with E-state index < -0.39 is 0 Å². The molecule has 0 unspecified atom stereocenters. The lowest BCUT2D eigenvalue weighted by Gasteiger charge is -2.32. The zero-order valence-corrected chi connectivity index (χ0v) is 13.1. The van der Waals surface area contributed by atoms with Gasteiger partial charge in [-0.1, -0.05) is 18.2 Å². The number of halogens is 1. The molecule has 0 spiro atoms. The molecule has 2 heterocycles. The highest BCUT2D eigenvalue weighted by atomic mass is 79.9. The van der Waals surface area contributed by atoms with Gasteiger partial charge in [0.25, 0.3) is 5.91 Å². The summed E-state index contributed by atoms with van der Waals surface area (Å²) in [6.07, 6.45) is 3.37. The Hall–Kier alpha value is -1.75. The predicted octanol–water partition coefficient (Wildman–Crippen LogP) is 3.73. The first kappa shape index (κ1) is 14.2. The van der Waals surface area contributed by atoms with Gasteiger partial charge in [0.1, 0.15) is 11.9 Å². The van der Waals surface area contributed by atoms with Crippen LogP contribution in [0.5, 0.6) is 5.75 Å². The van der Waals surface area contributed by atoms with Crippen molar-refractivity contribution in [1.82, 2.24) is 4.90 Å². The summed E-state index contributed by atoms with van der Waals surface area (Å²) in [6, 6.07) is 11.5. The van der Waals surface area contributed by atoms with E-state index >= 15 is 0 Å². The maximum absolute atomic E-state index is 12.3. The van der Waals surface area contributed by atoms with E-state index in [1.807, 2.05) is 35.2 Å². The van der Waals surface area contributed by atoms with Crippen LogP contribution in [0.4, 0.5) is 0 Å². The highest BCUT2D eigenvalue weighted by molar-refractivity contribution is 9.10. The van der Waals surface area contributed by atoms with Crippen molar-refractivity contribution in [3.8, 4) is 5.75 Å². The molecule has 2 aromatic rings. The van der Waals surface area contributed by atoms with Crippen LogP contribution in [0.25, 0.3) is 0 Å². The van der Waals surface area contributed by atoms with Gasteiger partial charge in [0.2, 0.25) is 0 Å². The van der Waals surface area contributed by atoms with Crippen molar-refractivity contribution in [2.24, 2.45) is 0 Å². The molecule has 4 nitrogen and oxygen atoms in total. The van der Waals surface area contributed by atoms with Crippen LogP contribution in [-0.4, -0.2) is 30.0 Å². The first-order valence-electron chi connectivity index (χ1n) is 6.98. The van der Waals surface area contributed by atoms with Crippen LogP contribution in [0.2, 0.25) is 0 Å². The number of ether oxygens (including phenoxy) is 1. The zero-order valence-electron chi connectivity index (χ0n) is 11.5. The number of rotatable bonds is 3. The van der Waals surface area contributed by atoms with Gasteiger partial charge >= 0.3 is 0 Å². The summed E-state index contributed by atoms with van der Waals surface area (Å²) in [6.45, 7) is 1.40. The minimum absolute atomic E-state index is 0.00814. The molecule has 1 saturated heterocycles. The number of likely N-dealkylation sites (tertiary alicyclic amines) is 1. The third-order valence-electron chi connectivity index (χ3n) is 3.62. The summed E-state index contributed by atoms with van der Waals surface area (Å²) in [7, 11) is 0. The molecule has 0 atom stereocenters. The molecule has 1 aromatic carbocycles. The Morgan fingerprint density at radius 3 is 2.52 bits per heavy atom. The number of nitrogens with zero attached hydrogens (tertiary/aromatic N) is 1. The lowest BCUT2D eigenvalue weighted by atomic mass is 10.1. The first-order valence-corrected chi connectivity index (χ1v) is 7.77. The zero-order chi connectivity index (χ0) is 14.7. The van der Waals surface area contributed by atoms with E-state index in [0.29, 0.717) is 23.3 Å². The van der Waals surface area contributed by atoms with Gasteiger partial charge in [-0.15, -0.1) is 0 Å². The average Bonchev–Trinajstić information content (AvgIpc) is 2.94. The highest BCUT2D eigenvalue weighted by Crippen LogP contribution is 2.23. The number of amides is 1. The molecular weight excluding hydrogens is 334 g/mol. The predicted molar refractivity (Wildman–Crippen MR) is 82.4 cm³/mol. The minimum Gasteiger partial charge on any atom is -0.490 e. The largest absolute Gasteiger partial charge is 0.490 e. The Balaban J connectivity index is 1.56. The first-order chi connectivity index (χ1) is 10.2. The number of piperidine rings is 1. The molecule has 3 rings (SSSR count). The van der Waals surface area contributed by atoms with Crippen molar-refractivity contribution >= 4 is 21.8 Å². The number of furan rings is 1. The third-order valence-corrected chi connectivity index (χ3v) is 4.24. The summed E-state index contributed by atoms with van der Waals surface area (Å²) in [5, 5.41) is 0. The van der Waals surface area contributed by atoms with Gasteiger partial charge in [-0.2, -0.15) is 0 Å². The summed E-state index contributed by atoms with van der Waals surface area (Å²) in [5.74, 6) is 0.897. The molecular formula is C16H16BrNO3. The molecule has 0 N–H and O–H groups in total. The number of carbonyl (C=O) groups excluding carboxylic acids is 1.